The Balaban J connectivity index is 2.11. The van der Waals surface area contributed by atoms with Gasteiger partial charge in [0.2, 0.25) is 5.91 Å². The fourth-order valence-electron chi connectivity index (χ4n) is 3.76. The van der Waals surface area contributed by atoms with Crippen LogP contribution >= 0.6 is 0 Å². The molecule has 1 amide bonds. The molecule has 1 unspecified atom stereocenters. The number of phenols is 1. The Morgan fingerprint density at radius 3 is 2.40 bits per heavy atom. The molecule has 3 rings (SSSR count). The van der Waals surface area contributed by atoms with Gasteiger partial charge < -0.3 is 15.3 Å². The summed E-state index contributed by atoms with van der Waals surface area (Å²) in [5.41, 5.74) is 4.27. The van der Waals surface area contributed by atoms with Crippen LogP contribution in [0.3, 0.4) is 0 Å². The fourth-order valence-corrected chi connectivity index (χ4v) is 3.76. The fraction of sp³-hybridized carbons (Fsp3) is 0.360. The number of amides is 1. The molecule has 5 heteroatoms. The number of hydrogen-bond donors (Lipinski definition) is 2. The average molecular weight is 406 g/mol. The third-order valence-corrected chi connectivity index (χ3v) is 5.58. The van der Waals surface area contributed by atoms with Crippen molar-refractivity contribution in [3.63, 3.8) is 0 Å². The zero-order chi connectivity index (χ0) is 21.8. The number of aromatic nitrogens is 1. The van der Waals surface area contributed by atoms with Crippen molar-refractivity contribution >= 4 is 22.5 Å². The van der Waals surface area contributed by atoms with Gasteiger partial charge in [0.25, 0.3) is 0 Å². The van der Waals surface area contributed by atoms with Crippen LogP contribution in [-0.2, 0) is 4.79 Å². The van der Waals surface area contributed by atoms with E-state index in [2.05, 4.69) is 41.2 Å². The summed E-state index contributed by atoms with van der Waals surface area (Å²) in [6, 6.07) is 13.5. The van der Waals surface area contributed by atoms with E-state index in [1.807, 2.05) is 51.1 Å². The van der Waals surface area contributed by atoms with Crippen molar-refractivity contribution in [1.82, 2.24) is 10.3 Å². The van der Waals surface area contributed by atoms with Crippen molar-refractivity contribution in [2.75, 3.05) is 18.0 Å². The molecule has 0 saturated carbocycles. The number of aryl methyl sites for hydroxylation is 1. The largest absolute Gasteiger partial charge is 0.505 e. The molecule has 0 aliphatic carbocycles. The van der Waals surface area contributed by atoms with Crippen LogP contribution in [-0.4, -0.2) is 29.1 Å². The summed E-state index contributed by atoms with van der Waals surface area (Å²) >= 11 is 0. The lowest BCUT2D eigenvalue weighted by Gasteiger charge is -2.25. The molecule has 0 spiro atoms. The Hall–Kier alpha value is -3.08. The Kier molecular flexibility index (Phi) is 6.60. The molecule has 0 radical (unpaired) electrons. The molecule has 1 heterocycles. The van der Waals surface area contributed by atoms with E-state index >= 15 is 0 Å². The van der Waals surface area contributed by atoms with Crippen molar-refractivity contribution in [3.8, 4) is 5.75 Å². The quantitative estimate of drug-likeness (QED) is 0.583. The lowest BCUT2D eigenvalue weighted by atomic mass is 9.93. The first-order valence-electron chi connectivity index (χ1n) is 10.6. The van der Waals surface area contributed by atoms with Gasteiger partial charge in [-0.3, -0.25) is 9.78 Å². The van der Waals surface area contributed by atoms with Crippen LogP contribution in [0.15, 0.2) is 48.7 Å². The van der Waals surface area contributed by atoms with Crippen LogP contribution in [0.25, 0.3) is 10.9 Å². The van der Waals surface area contributed by atoms with E-state index in [4.69, 9.17) is 0 Å². The van der Waals surface area contributed by atoms with Crippen LogP contribution in [0.2, 0.25) is 0 Å². The number of hydrogen-bond acceptors (Lipinski definition) is 4. The Bertz CT molecular complexity index is 1020. The van der Waals surface area contributed by atoms with Gasteiger partial charge in [-0.15, -0.1) is 0 Å². The van der Waals surface area contributed by atoms with Crippen LogP contribution in [0, 0.1) is 12.8 Å². The van der Waals surface area contributed by atoms with Gasteiger partial charge in [0.1, 0.15) is 11.3 Å². The van der Waals surface area contributed by atoms with Crippen LogP contribution in [0.1, 0.15) is 50.4 Å². The minimum Gasteiger partial charge on any atom is -0.505 e. The summed E-state index contributed by atoms with van der Waals surface area (Å²) in [6.07, 6.45) is 1.67. The minimum atomic E-state index is -0.462. The Morgan fingerprint density at radius 1 is 1.13 bits per heavy atom. The maximum Gasteiger partial charge on any atom is 0.223 e. The highest BCUT2D eigenvalue weighted by Gasteiger charge is 2.24. The molecule has 1 atom stereocenters. The lowest BCUT2D eigenvalue weighted by Crippen LogP contribution is -2.32. The molecule has 0 bridgehead atoms. The number of nitrogens with zero attached hydrogens (tertiary/aromatic N) is 2. The number of carbonyl (C=O) groups excluding carboxylic acids is 1. The normalized spacial score (nSPS) is 12.2. The summed E-state index contributed by atoms with van der Waals surface area (Å²) in [5.74, 6) is -0.117. The maximum atomic E-state index is 12.6. The number of pyridine rings is 1. The van der Waals surface area contributed by atoms with E-state index < -0.39 is 6.04 Å². The van der Waals surface area contributed by atoms with Crippen LogP contribution in [0.4, 0.5) is 5.69 Å². The van der Waals surface area contributed by atoms with Crippen molar-refractivity contribution in [2.24, 2.45) is 5.92 Å². The maximum absolute atomic E-state index is 12.6. The number of fused-ring (bicyclic) bond motifs is 1. The van der Waals surface area contributed by atoms with Gasteiger partial charge in [-0.2, -0.15) is 0 Å². The Labute approximate surface area is 178 Å². The van der Waals surface area contributed by atoms with Crippen molar-refractivity contribution in [1.29, 1.82) is 0 Å². The highest BCUT2D eigenvalue weighted by molar-refractivity contribution is 5.89. The first kappa shape index (κ1) is 21.6. The molecular formula is C25H31N3O2. The van der Waals surface area contributed by atoms with Crippen molar-refractivity contribution in [2.45, 2.75) is 40.7 Å². The topological polar surface area (TPSA) is 65.5 Å². The molecule has 2 N–H and O–H groups in total. The molecule has 0 aliphatic heterocycles. The van der Waals surface area contributed by atoms with Gasteiger partial charge in [-0.25, -0.2) is 0 Å². The molecule has 3 aromatic rings. The Morgan fingerprint density at radius 2 is 1.80 bits per heavy atom. The van der Waals surface area contributed by atoms with E-state index in [0.29, 0.717) is 11.1 Å². The van der Waals surface area contributed by atoms with Gasteiger partial charge in [0.05, 0.1) is 6.04 Å². The zero-order valence-electron chi connectivity index (χ0n) is 18.4. The summed E-state index contributed by atoms with van der Waals surface area (Å²) < 4.78 is 0. The van der Waals surface area contributed by atoms with Gasteiger partial charge in [0.15, 0.2) is 0 Å². The van der Waals surface area contributed by atoms with E-state index in [-0.39, 0.29) is 17.6 Å². The average Bonchev–Trinajstić information content (AvgIpc) is 2.76. The summed E-state index contributed by atoms with van der Waals surface area (Å²) in [5, 5.41) is 15.1. The molecule has 5 nitrogen and oxygen atoms in total. The first-order chi connectivity index (χ1) is 14.4. The number of carbonyl (C=O) groups is 1. The molecule has 158 valence electrons. The molecule has 0 aliphatic rings. The zero-order valence-corrected chi connectivity index (χ0v) is 18.4. The second-order valence-electron chi connectivity index (χ2n) is 7.89. The standard InChI is InChI=1S/C25H31N3O2/c1-6-28(7-2)19-12-10-18(11-13-19)22(27-25(30)16(3)4)21-15-17(5)20-9-8-14-26-23(20)24(21)29/h8-16,22,29H,6-7H2,1-5H3,(H,27,30). The molecule has 2 aromatic carbocycles. The molecule has 30 heavy (non-hydrogen) atoms. The number of nitrogens with one attached hydrogen (secondary N) is 1. The molecule has 1 aromatic heterocycles. The van der Waals surface area contributed by atoms with Crippen LogP contribution in [0.5, 0.6) is 5.75 Å². The number of aromatic hydroxyl groups is 1. The number of benzene rings is 2. The lowest BCUT2D eigenvalue weighted by molar-refractivity contribution is -0.124. The molecule has 0 saturated heterocycles. The van der Waals surface area contributed by atoms with Gasteiger partial charge in [-0.1, -0.05) is 32.0 Å². The smallest absolute Gasteiger partial charge is 0.223 e. The van der Waals surface area contributed by atoms with E-state index in [0.717, 1.165) is 35.3 Å². The number of rotatable bonds is 7. The van der Waals surface area contributed by atoms with Gasteiger partial charge in [-0.05, 0) is 56.2 Å². The van der Waals surface area contributed by atoms with Crippen molar-refractivity contribution < 1.29 is 9.90 Å². The molecular weight excluding hydrogens is 374 g/mol. The second-order valence-corrected chi connectivity index (χ2v) is 7.89. The first-order valence-corrected chi connectivity index (χ1v) is 10.6. The van der Waals surface area contributed by atoms with E-state index in [1.54, 1.807) is 6.20 Å². The monoisotopic (exact) mass is 405 g/mol. The summed E-state index contributed by atoms with van der Waals surface area (Å²) in [6.45, 7) is 11.8. The number of phenolic OH excluding ortho intramolecular Hbond substituents is 1. The predicted molar refractivity (Wildman–Crippen MR) is 123 cm³/mol. The van der Waals surface area contributed by atoms with Gasteiger partial charge in [0, 0.05) is 41.8 Å². The summed E-state index contributed by atoms with van der Waals surface area (Å²) in [4.78, 5) is 19.3. The van der Waals surface area contributed by atoms with E-state index in [1.165, 1.54) is 0 Å². The predicted octanol–water partition coefficient (Wildman–Crippen LogP) is 4.96. The highest BCUT2D eigenvalue weighted by Crippen LogP contribution is 2.37. The van der Waals surface area contributed by atoms with Crippen LogP contribution < -0.4 is 10.2 Å². The highest BCUT2D eigenvalue weighted by atomic mass is 16.3. The summed E-state index contributed by atoms with van der Waals surface area (Å²) in [7, 11) is 0. The van der Waals surface area contributed by atoms with Crippen molar-refractivity contribution in [3.05, 3.63) is 65.4 Å². The second kappa shape index (κ2) is 9.16. The number of anilines is 1. The third-order valence-electron chi connectivity index (χ3n) is 5.58. The van der Waals surface area contributed by atoms with Gasteiger partial charge >= 0.3 is 0 Å². The molecule has 0 fully saturated rings. The third kappa shape index (κ3) is 4.25. The SMILES string of the molecule is CCN(CC)c1ccc(C(NC(=O)C(C)C)c2cc(C)c3cccnc3c2O)cc1. The minimum absolute atomic E-state index is 0.0639. The van der Waals surface area contributed by atoms with E-state index in [9.17, 15) is 9.90 Å².